The molecule has 0 bridgehead atoms. The molecule has 0 aliphatic rings. The number of rotatable bonds is 5. The maximum absolute atomic E-state index is 10.5. The molecule has 8 heteroatoms. The number of benzene rings is 1. The zero-order chi connectivity index (χ0) is 12.8. The van der Waals surface area contributed by atoms with Gasteiger partial charge in [0.25, 0.3) is 5.69 Å². The van der Waals surface area contributed by atoms with E-state index in [1.165, 1.54) is 6.07 Å². The summed E-state index contributed by atoms with van der Waals surface area (Å²) in [6, 6.07) is 3.50. The Kier molecular flexibility index (Phi) is 3.98. The first-order valence-corrected chi connectivity index (χ1v) is 4.35. The largest absolute Gasteiger partial charge is 0.481 e. The monoisotopic (exact) mass is 240 g/mol. The molecule has 0 fully saturated rings. The minimum Gasteiger partial charge on any atom is -0.481 e. The summed E-state index contributed by atoms with van der Waals surface area (Å²) < 4.78 is 4.86. The molecule has 0 saturated carbocycles. The molecule has 0 radical (unpaired) electrons. The molecule has 1 aromatic carbocycles. The fourth-order valence-corrected chi connectivity index (χ4v) is 1.08. The highest BCUT2D eigenvalue weighted by Gasteiger charge is 2.11. The average Bonchev–Trinajstić information content (AvgIpc) is 2.27. The highest BCUT2D eigenvalue weighted by molar-refractivity contribution is 5.84. The second-order valence-corrected chi connectivity index (χ2v) is 2.91. The molecule has 0 atom stereocenters. The molecular weight excluding hydrogens is 232 g/mol. The van der Waals surface area contributed by atoms with Crippen molar-refractivity contribution in [3.05, 3.63) is 33.9 Å². The van der Waals surface area contributed by atoms with Gasteiger partial charge in [-0.2, -0.15) is 0 Å². The second-order valence-electron chi connectivity index (χ2n) is 2.91. The number of carboxylic acid groups (broad SMARTS) is 1. The van der Waals surface area contributed by atoms with E-state index in [0.29, 0.717) is 0 Å². The number of nitrogens with zero attached hydrogens (tertiary/aromatic N) is 2. The van der Waals surface area contributed by atoms with Gasteiger partial charge in [-0.15, -0.1) is 0 Å². The molecule has 0 heterocycles. The smallest absolute Gasteiger partial charge is 0.341 e. The van der Waals surface area contributed by atoms with Gasteiger partial charge in [0.2, 0.25) is 0 Å². The van der Waals surface area contributed by atoms with Gasteiger partial charge in [0.05, 0.1) is 11.1 Å². The molecule has 0 aliphatic carbocycles. The first-order chi connectivity index (χ1) is 8.04. The Labute approximate surface area is 94.9 Å². The van der Waals surface area contributed by atoms with E-state index in [1.807, 2.05) is 0 Å². The Morgan fingerprint density at radius 2 is 2.29 bits per heavy atom. The minimum absolute atomic E-state index is 0.0794. The van der Waals surface area contributed by atoms with Crippen LogP contribution in [0.4, 0.5) is 5.69 Å². The van der Waals surface area contributed by atoms with E-state index in [4.69, 9.17) is 15.1 Å². The summed E-state index contributed by atoms with van der Waals surface area (Å²) in [4.78, 5) is 20.2. The number of carbonyl (C=O) groups is 1. The fourth-order valence-electron chi connectivity index (χ4n) is 1.08. The van der Waals surface area contributed by atoms with Crippen molar-refractivity contribution in [1.29, 1.82) is 0 Å². The Morgan fingerprint density at radius 3 is 2.82 bits per heavy atom. The van der Waals surface area contributed by atoms with Crippen molar-refractivity contribution in [2.45, 2.75) is 0 Å². The van der Waals surface area contributed by atoms with Gasteiger partial charge in [0, 0.05) is 17.7 Å². The van der Waals surface area contributed by atoms with Crippen LogP contribution in [0.15, 0.2) is 23.4 Å². The second kappa shape index (κ2) is 5.45. The molecule has 0 unspecified atom stereocenters. The van der Waals surface area contributed by atoms with Gasteiger partial charge in [0.15, 0.2) is 6.61 Å². The molecule has 8 nitrogen and oxygen atoms in total. The van der Waals surface area contributed by atoms with Crippen LogP contribution in [-0.2, 0) is 4.79 Å². The fraction of sp³-hybridized carbons (Fsp3) is 0.111. The van der Waals surface area contributed by atoms with Crippen LogP contribution in [0.2, 0.25) is 0 Å². The predicted molar refractivity (Wildman–Crippen MR) is 55.6 cm³/mol. The van der Waals surface area contributed by atoms with Crippen molar-refractivity contribution in [3.8, 4) is 5.75 Å². The third-order valence-corrected chi connectivity index (χ3v) is 1.75. The van der Waals surface area contributed by atoms with Gasteiger partial charge in [0.1, 0.15) is 5.75 Å². The number of aliphatic carboxylic acids is 1. The summed E-state index contributed by atoms with van der Waals surface area (Å²) in [7, 11) is 0. The van der Waals surface area contributed by atoms with Crippen LogP contribution in [0.5, 0.6) is 5.75 Å². The van der Waals surface area contributed by atoms with Gasteiger partial charge in [-0.3, -0.25) is 10.1 Å². The van der Waals surface area contributed by atoms with Crippen LogP contribution in [0, 0.1) is 10.1 Å². The summed E-state index contributed by atoms with van der Waals surface area (Å²) in [5.74, 6) is -1.11. The summed E-state index contributed by atoms with van der Waals surface area (Å²) in [5.41, 5.74) is -0.106. The first kappa shape index (κ1) is 12.4. The number of hydrogen-bond acceptors (Lipinski definition) is 6. The van der Waals surface area contributed by atoms with E-state index in [0.717, 1.165) is 18.3 Å². The van der Waals surface area contributed by atoms with Gasteiger partial charge >= 0.3 is 5.97 Å². The quantitative estimate of drug-likeness (QED) is 0.340. The molecule has 0 saturated heterocycles. The first-order valence-electron chi connectivity index (χ1n) is 4.35. The van der Waals surface area contributed by atoms with Crippen LogP contribution in [-0.4, -0.2) is 34.0 Å². The SMILES string of the molecule is O=C(O)COc1ccc([N+](=O)[O-])cc1C=NO. The molecule has 1 aromatic rings. The zero-order valence-electron chi connectivity index (χ0n) is 8.44. The van der Waals surface area contributed by atoms with Gasteiger partial charge in [-0.05, 0) is 6.07 Å². The minimum atomic E-state index is -1.18. The molecule has 0 amide bonds. The van der Waals surface area contributed by atoms with Crippen LogP contribution in [0.1, 0.15) is 5.56 Å². The molecule has 2 N–H and O–H groups in total. The van der Waals surface area contributed by atoms with E-state index in [1.54, 1.807) is 0 Å². The summed E-state index contributed by atoms with van der Waals surface area (Å²) >= 11 is 0. The van der Waals surface area contributed by atoms with Gasteiger partial charge in [-0.1, -0.05) is 5.16 Å². The van der Waals surface area contributed by atoms with E-state index in [-0.39, 0.29) is 17.0 Å². The number of oxime groups is 1. The lowest BCUT2D eigenvalue weighted by atomic mass is 10.2. The van der Waals surface area contributed by atoms with Crippen LogP contribution < -0.4 is 4.74 Å². The maximum Gasteiger partial charge on any atom is 0.341 e. The highest BCUT2D eigenvalue weighted by Crippen LogP contribution is 2.22. The molecule has 1 rings (SSSR count). The van der Waals surface area contributed by atoms with Crippen molar-refractivity contribution in [3.63, 3.8) is 0 Å². The van der Waals surface area contributed by atoms with E-state index < -0.39 is 17.5 Å². The summed E-state index contributed by atoms with van der Waals surface area (Å²) in [6.45, 7) is -0.593. The number of hydrogen-bond donors (Lipinski definition) is 2. The molecule has 0 aromatic heterocycles. The number of nitro benzene ring substituents is 1. The zero-order valence-corrected chi connectivity index (χ0v) is 8.44. The van der Waals surface area contributed by atoms with Gasteiger partial charge in [-0.25, -0.2) is 4.79 Å². The van der Waals surface area contributed by atoms with Crippen molar-refractivity contribution in [2.24, 2.45) is 5.16 Å². The topological polar surface area (TPSA) is 122 Å². The highest BCUT2D eigenvalue weighted by atomic mass is 16.6. The number of carboxylic acids is 1. The molecule has 0 aliphatic heterocycles. The van der Waals surface area contributed by atoms with Gasteiger partial charge < -0.3 is 15.1 Å². The van der Waals surface area contributed by atoms with Crippen molar-refractivity contribution < 1.29 is 24.8 Å². The molecule has 0 spiro atoms. The molecule has 17 heavy (non-hydrogen) atoms. The van der Waals surface area contributed by atoms with E-state index in [9.17, 15) is 14.9 Å². The predicted octanol–water partition coefficient (Wildman–Crippen LogP) is 0.866. The normalized spacial score (nSPS) is 10.4. The Hall–Kier alpha value is -2.64. The van der Waals surface area contributed by atoms with Crippen LogP contribution in [0.25, 0.3) is 0 Å². The lowest BCUT2D eigenvalue weighted by Crippen LogP contribution is -2.10. The number of nitro groups is 1. The third-order valence-electron chi connectivity index (χ3n) is 1.75. The van der Waals surface area contributed by atoms with E-state index in [2.05, 4.69) is 5.16 Å². The van der Waals surface area contributed by atoms with Crippen molar-refractivity contribution >= 4 is 17.9 Å². The standard InChI is InChI=1S/C9H8N2O6/c12-9(13)5-17-8-2-1-7(11(15)16)3-6(8)4-10-14/h1-4,14H,5H2,(H,12,13). The number of ether oxygens (including phenoxy) is 1. The lowest BCUT2D eigenvalue weighted by molar-refractivity contribution is -0.384. The Balaban J connectivity index is 3.03. The Bertz CT molecular complexity index is 471. The van der Waals surface area contributed by atoms with Crippen molar-refractivity contribution in [1.82, 2.24) is 0 Å². The number of non-ortho nitro benzene ring substituents is 1. The summed E-state index contributed by atoms with van der Waals surface area (Å²) in [5, 5.41) is 30.0. The molecular formula is C9H8N2O6. The lowest BCUT2D eigenvalue weighted by Gasteiger charge is -2.05. The summed E-state index contributed by atoms with van der Waals surface area (Å²) in [6.07, 6.45) is 0.921. The van der Waals surface area contributed by atoms with Crippen molar-refractivity contribution in [2.75, 3.05) is 6.61 Å². The Morgan fingerprint density at radius 1 is 1.59 bits per heavy atom. The van der Waals surface area contributed by atoms with Crippen LogP contribution in [0.3, 0.4) is 0 Å². The van der Waals surface area contributed by atoms with Crippen LogP contribution >= 0.6 is 0 Å². The maximum atomic E-state index is 10.5. The average molecular weight is 240 g/mol. The third kappa shape index (κ3) is 3.45. The van der Waals surface area contributed by atoms with E-state index >= 15 is 0 Å². The molecule has 90 valence electrons.